The van der Waals surface area contributed by atoms with E-state index in [9.17, 15) is 9.59 Å². The smallest absolute Gasteiger partial charge is 0.305 e. The molecule has 3 saturated carbocycles. The van der Waals surface area contributed by atoms with Crippen LogP contribution in [0.5, 0.6) is 0 Å². The van der Waals surface area contributed by atoms with Gasteiger partial charge in [0.25, 0.3) is 5.79 Å². The highest BCUT2D eigenvalue weighted by molar-refractivity contribution is 5.69. The molecule has 0 amide bonds. The molecule has 198 valence electrons. The minimum atomic E-state index is -1.17. The Morgan fingerprint density at radius 3 is 2.29 bits per heavy atom. The number of carbonyl (C=O) groups is 2. The molecule has 4 nitrogen and oxygen atoms in total. The van der Waals surface area contributed by atoms with Gasteiger partial charge in [-0.15, -0.1) is 0 Å². The van der Waals surface area contributed by atoms with Gasteiger partial charge in [0.1, 0.15) is 0 Å². The van der Waals surface area contributed by atoms with Crippen LogP contribution in [-0.2, 0) is 19.1 Å². The normalized spacial score (nSPS) is 38.6. The highest BCUT2D eigenvalue weighted by atomic mass is 16.7. The molecule has 0 aromatic heterocycles. The second kappa shape index (κ2) is 9.86. The van der Waals surface area contributed by atoms with Crippen LogP contribution < -0.4 is 0 Å². The molecule has 4 rings (SSSR count). The summed E-state index contributed by atoms with van der Waals surface area (Å²) in [5.74, 6) is 2.14. The zero-order chi connectivity index (χ0) is 25.6. The largest absolute Gasteiger partial charge is 0.422 e. The van der Waals surface area contributed by atoms with Crippen molar-refractivity contribution in [1.29, 1.82) is 0 Å². The summed E-state index contributed by atoms with van der Waals surface area (Å²) in [5, 5.41) is 0. The monoisotopic (exact) mass is 486 g/mol. The summed E-state index contributed by atoms with van der Waals surface area (Å²) in [5.41, 5.74) is 1.31. The minimum Gasteiger partial charge on any atom is -0.422 e. The number of hydrogen-bond acceptors (Lipinski definition) is 4. The molecule has 0 bridgehead atoms. The van der Waals surface area contributed by atoms with E-state index in [0.717, 1.165) is 43.4 Å². The molecule has 0 aromatic carbocycles. The predicted octanol–water partition coefficient (Wildman–Crippen LogP) is 7.85. The van der Waals surface area contributed by atoms with Crippen LogP contribution >= 0.6 is 0 Å². The van der Waals surface area contributed by atoms with Crippen molar-refractivity contribution in [2.24, 2.45) is 46.3 Å². The number of esters is 2. The van der Waals surface area contributed by atoms with Crippen LogP contribution in [0.3, 0.4) is 0 Å². The van der Waals surface area contributed by atoms with Gasteiger partial charge in [-0.25, -0.2) is 0 Å². The first-order chi connectivity index (χ1) is 16.4. The second-order valence-corrected chi connectivity index (χ2v) is 13.4. The Morgan fingerprint density at radius 2 is 1.66 bits per heavy atom. The van der Waals surface area contributed by atoms with Crippen molar-refractivity contribution in [1.82, 2.24) is 0 Å². The number of fused-ring (bicyclic) bond motifs is 5. The van der Waals surface area contributed by atoms with E-state index in [1.54, 1.807) is 0 Å². The van der Waals surface area contributed by atoms with E-state index in [1.807, 2.05) is 0 Å². The van der Waals surface area contributed by atoms with Crippen LogP contribution in [-0.4, -0.2) is 17.7 Å². The Morgan fingerprint density at radius 1 is 0.971 bits per heavy atom. The van der Waals surface area contributed by atoms with E-state index >= 15 is 0 Å². The van der Waals surface area contributed by atoms with Crippen LogP contribution in [0, 0.1) is 46.3 Å². The van der Waals surface area contributed by atoms with Crippen LogP contribution in [0.4, 0.5) is 0 Å². The van der Waals surface area contributed by atoms with Crippen LogP contribution in [0.25, 0.3) is 0 Å². The third-order valence-electron chi connectivity index (χ3n) is 11.0. The maximum atomic E-state index is 12.3. The molecule has 0 aromatic rings. The summed E-state index contributed by atoms with van der Waals surface area (Å²) < 4.78 is 12.1. The van der Waals surface area contributed by atoms with Crippen molar-refractivity contribution in [3.63, 3.8) is 0 Å². The van der Waals surface area contributed by atoms with Gasteiger partial charge >= 0.3 is 11.9 Å². The number of hydrogen-bond donors (Lipinski definition) is 0. The minimum absolute atomic E-state index is 0.354. The van der Waals surface area contributed by atoms with Crippen molar-refractivity contribution in [3.05, 3.63) is 11.6 Å². The third-order valence-corrected chi connectivity index (χ3v) is 11.0. The summed E-state index contributed by atoms with van der Waals surface area (Å²) in [4.78, 5) is 24.6. The van der Waals surface area contributed by atoms with Crippen LogP contribution in [0.2, 0.25) is 0 Å². The summed E-state index contributed by atoms with van der Waals surface area (Å²) in [6.07, 6.45) is 15.1. The first-order valence-corrected chi connectivity index (χ1v) is 14.5. The van der Waals surface area contributed by atoms with E-state index in [0.29, 0.717) is 29.6 Å². The van der Waals surface area contributed by atoms with E-state index in [-0.39, 0.29) is 11.9 Å². The van der Waals surface area contributed by atoms with E-state index in [2.05, 4.69) is 40.7 Å². The average Bonchev–Trinajstić information content (AvgIpc) is 3.10. The lowest BCUT2D eigenvalue weighted by Gasteiger charge is -2.62. The van der Waals surface area contributed by atoms with E-state index in [1.165, 1.54) is 57.9 Å². The molecule has 0 N–H and O–H groups in total. The quantitative estimate of drug-likeness (QED) is 0.209. The molecule has 0 heterocycles. The molecule has 0 radical (unpaired) electrons. The van der Waals surface area contributed by atoms with Crippen LogP contribution in [0.15, 0.2) is 11.6 Å². The van der Waals surface area contributed by atoms with Gasteiger partial charge in [0.2, 0.25) is 0 Å². The fraction of sp³-hybridized carbons (Fsp3) is 0.871. The van der Waals surface area contributed by atoms with Gasteiger partial charge in [-0.2, -0.15) is 0 Å². The molecule has 4 heteroatoms. The average molecular weight is 487 g/mol. The highest BCUT2D eigenvalue weighted by Crippen LogP contribution is 2.69. The Labute approximate surface area is 214 Å². The lowest BCUT2D eigenvalue weighted by atomic mass is 9.45. The van der Waals surface area contributed by atoms with E-state index < -0.39 is 11.2 Å². The van der Waals surface area contributed by atoms with Crippen molar-refractivity contribution < 1.29 is 19.1 Å². The molecule has 0 unspecified atom stereocenters. The lowest BCUT2D eigenvalue weighted by Crippen LogP contribution is -2.63. The standard InChI is InChI=1S/C31H50O4/c1-20(2)10-8-11-21(3)26-15-16-27-25-14-13-24-12-9-18-31(34-22(4)32,35-23(5)33)30(24,7)28(25)17-19-29(26,27)6/h13,20-21,25-28H,8-12,14-19H2,1-7H3/t21-,25+,26-,27+,28+,29-,30+/m1/s1. The molecule has 0 aliphatic heterocycles. The first kappa shape index (κ1) is 26.7. The molecular formula is C31H50O4. The Kier molecular flexibility index (Phi) is 7.53. The molecule has 0 spiro atoms. The first-order valence-electron chi connectivity index (χ1n) is 14.5. The van der Waals surface area contributed by atoms with Crippen molar-refractivity contribution in [3.8, 4) is 0 Å². The van der Waals surface area contributed by atoms with Gasteiger partial charge < -0.3 is 9.47 Å². The highest BCUT2D eigenvalue weighted by Gasteiger charge is 2.67. The topological polar surface area (TPSA) is 52.6 Å². The van der Waals surface area contributed by atoms with Gasteiger partial charge in [-0.3, -0.25) is 9.59 Å². The van der Waals surface area contributed by atoms with Gasteiger partial charge in [-0.1, -0.05) is 58.6 Å². The summed E-state index contributed by atoms with van der Waals surface area (Å²) in [7, 11) is 0. The second-order valence-electron chi connectivity index (χ2n) is 13.4. The zero-order valence-electron chi connectivity index (χ0n) is 23.5. The summed E-state index contributed by atoms with van der Waals surface area (Å²) >= 11 is 0. The predicted molar refractivity (Wildman–Crippen MR) is 139 cm³/mol. The lowest BCUT2D eigenvalue weighted by molar-refractivity contribution is -0.289. The Bertz CT molecular complexity index is 827. The van der Waals surface area contributed by atoms with Crippen molar-refractivity contribution >= 4 is 11.9 Å². The fourth-order valence-electron chi connectivity index (χ4n) is 9.55. The molecule has 0 saturated heterocycles. The maximum Gasteiger partial charge on any atom is 0.305 e. The van der Waals surface area contributed by atoms with Gasteiger partial charge in [0.05, 0.1) is 5.41 Å². The fourth-order valence-corrected chi connectivity index (χ4v) is 9.55. The van der Waals surface area contributed by atoms with Crippen molar-refractivity contribution in [2.75, 3.05) is 0 Å². The van der Waals surface area contributed by atoms with Crippen LogP contribution in [0.1, 0.15) is 119 Å². The molecule has 3 fully saturated rings. The molecule has 7 atom stereocenters. The SMILES string of the molecule is CC(=O)OC1(OC(C)=O)CCCC2=CC[C@H]3[C@@H]4CC[C@H]([C@H](C)CCCC(C)C)[C@@]4(C)CC[C@@H]3[C@]21C. The summed E-state index contributed by atoms with van der Waals surface area (Å²) in [6.45, 7) is 14.9. The Hall–Kier alpha value is -1.32. The van der Waals surface area contributed by atoms with Gasteiger partial charge in [0, 0.05) is 20.3 Å². The van der Waals surface area contributed by atoms with Crippen molar-refractivity contribution in [2.45, 2.75) is 125 Å². The third kappa shape index (κ3) is 4.50. The Balaban J connectivity index is 1.63. The number of carbonyl (C=O) groups excluding carboxylic acids is 2. The number of rotatable bonds is 7. The molecular weight excluding hydrogens is 436 g/mol. The number of allylic oxidation sites excluding steroid dienone is 1. The molecule has 35 heavy (non-hydrogen) atoms. The summed E-state index contributed by atoms with van der Waals surface area (Å²) in [6, 6.07) is 0. The zero-order valence-corrected chi connectivity index (χ0v) is 23.5. The molecule has 4 aliphatic carbocycles. The molecule has 4 aliphatic rings. The van der Waals surface area contributed by atoms with E-state index in [4.69, 9.17) is 9.47 Å². The van der Waals surface area contributed by atoms with Gasteiger partial charge in [0.15, 0.2) is 0 Å². The van der Waals surface area contributed by atoms with Gasteiger partial charge in [-0.05, 0) is 92.8 Å². The number of ether oxygens (including phenoxy) is 2. The maximum absolute atomic E-state index is 12.3.